The van der Waals surface area contributed by atoms with Crippen molar-refractivity contribution in [3.63, 3.8) is 0 Å². The van der Waals surface area contributed by atoms with Crippen LogP contribution in [0.1, 0.15) is 84.0 Å². The van der Waals surface area contributed by atoms with E-state index in [1.165, 1.54) is 32.1 Å². The van der Waals surface area contributed by atoms with Gasteiger partial charge >= 0.3 is 5.97 Å². The van der Waals surface area contributed by atoms with E-state index in [0.717, 1.165) is 38.5 Å². The second kappa shape index (κ2) is 19.6. The van der Waals surface area contributed by atoms with Crippen molar-refractivity contribution < 1.29 is 19.5 Å². The summed E-state index contributed by atoms with van der Waals surface area (Å²) >= 11 is 0. The number of carboxylic acid groups (broad SMARTS) is 1. The number of aliphatic carboxylic acids is 1. The number of hydrogen-bond donors (Lipinski definition) is 3. The van der Waals surface area contributed by atoms with Crippen molar-refractivity contribution in [2.45, 2.75) is 84.0 Å². The van der Waals surface area contributed by atoms with Gasteiger partial charge in [-0.1, -0.05) is 63.3 Å². The highest BCUT2D eigenvalue weighted by molar-refractivity contribution is 5.86. The SMILES string of the molecule is CCCCC/C=C/C/C=C/CCCCCCCC(=O)NCC(=O)NCC(=O)O. The largest absolute Gasteiger partial charge is 0.480 e. The molecule has 0 bridgehead atoms. The van der Waals surface area contributed by atoms with Crippen LogP contribution in [0.15, 0.2) is 24.3 Å². The van der Waals surface area contributed by atoms with Gasteiger partial charge in [0.05, 0.1) is 6.54 Å². The zero-order chi connectivity index (χ0) is 20.9. The van der Waals surface area contributed by atoms with E-state index in [4.69, 9.17) is 5.11 Å². The molecule has 3 N–H and O–H groups in total. The highest BCUT2D eigenvalue weighted by atomic mass is 16.4. The van der Waals surface area contributed by atoms with Gasteiger partial charge in [0, 0.05) is 6.42 Å². The van der Waals surface area contributed by atoms with E-state index in [2.05, 4.69) is 41.9 Å². The number of unbranched alkanes of at least 4 members (excludes halogenated alkanes) is 8. The molecule has 0 aliphatic rings. The molecule has 0 heterocycles. The van der Waals surface area contributed by atoms with Gasteiger partial charge < -0.3 is 15.7 Å². The molecule has 0 aromatic rings. The van der Waals surface area contributed by atoms with E-state index < -0.39 is 18.4 Å². The Bertz CT molecular complexity index is 487. The summed E-state index contributed by atoms with van der Waals surface area (Å²) in [4.78, 5) is 33.2. The molecule has 0 aromatic heterocycles. The maximum Gasteiger partial charge on any atom is 0.322 e. The first kappa shape index (κ1) is 25.9. The van der Waals surface area contributed by atoms with Crippen LogP contribution in [0.4, 0.5) is 0 Å². The minimum atomic E-state index is -1.11. The fourth-order valence-electron chi connectivity index (χ4n) is 2.60. The predicted molar refractivity (Wildman–Crippen MR) is 113 cm³/mol. The molecule has 0 atom stereocenters. The second-order valence-corrected chi connectivity index (χ2v) is 6.93. The molecule has 0 aromatic carbocycles. The molecule has 0 fully saturated rings. The van der Waals surface area contributed by atoms with Crippen LogP contribution in [-0.2, 0) is 14.4 Å². The monoisotopic (exact) mass is 394 g/mol. The number of carboxylic acids is 1. The molecule has 0 aliphatic carbocycles. The van der Waals surface area contributed by atoms with Gasteiger partial charge in [-0.25, -0.2) is 0 Å². The molecule has 160 valence electrons. The lowest BCUT2D eigenvalue weighted by atomic mass is 10.1. The first-order valence-corrected chi connectivity index (χ1v) is 10.6. The highest BCUT2D eigenvalue weighted by Gasteiger charge is 2.06. The molecule has 0 rings (SSSR count). The third kappa shape index (κ3) is 20.2. The molecule has 0 saturated carbocycles. The maximum atomic E-state index is 11.6. The molecule has 0 aliphatic heterocycles. The van der Waals surface area contributed by atoms with Crippen LogP contribution in [0.3, 0.4) is 0 Å². The number of nitrogens with one attached hydrogen (secondary N) is 2. The van der Waals surface area contributed by atoms with Crippen LogP contribution in [0.5, 0.6) is 0 Å². The maximum absolute atomic E-state index is 11.6. The van der Waals surface area contributed by atoms with Gasteiger partial charge in [-0.05, 0) is 38.5 Å². The number of hydrogen-bond acceptors (Lipinski definition) is 3. The lowest BCUT2D eigenvalue weighted by molar-refractivity contribution is -0.137. The summed E-state index contributed by atoms with van der Waals surface area (Å²) in [6, 6.07) is 0. The third-order valence-electron chi connectivity index (χ3n) is 4.24. The quantitative estimate of drug-likeness (QED) is 0.241. The Balaban J connectivity index is 3.40. The summed E-state index contributed by atoms with van der Waals surface area (Å²) in [5, 5.41) is 13.1. The van der Waals surface area contributed by atoms with Crippen molar-refractivity contribution in [3.05, 3.63) is 24.3 Å². The first-order valence-electron chi connectivity index (χ1n) is 10.6. The molecule has 0 saturated heterocycles. The van der Waals surface area contributed by atoms with Gasteiger partial charge in [0.2, 0.25) is 11.8 Å². The predicted octanol–water partition coefficient (Wildman–Crippen LogP) is 4.12. The molecular weight excluding hydrogens is 356 g/mol. The number of carbonyl (C=O) groups excluding carboxylic acids is 2. The smallest absolute Gasteiger partial charge is 0.322 e. The summed E-state index contributed by atoms with van der Waals surface area (Å²) in [6.07, 6.45) is 21.9. The Hall–Kier alpha value is -2.11. The summed E-state index contributed by atoms with van der Waals surface area (Å²) in [6.45, 7) is 1.62. The third-order valence-corrected chi connectivity index (χ3v) is 4.24. The molecule has 6 heteroatoms. The van der Waals surface area contributed by atoms with Crippen molar-refractivity contribution in [1.82, 2.24) is 10.6 Å². The zero-order valence-corrected chi connectivity index (χ0v) is 17.4. The zero-order valence-electron chi connectivity index (χ0n) is 17.4. The van der Waals surface area contributed by atoms with Crippen molar-refractivity contribution in [2.24, 2.45) is 0 Å². The Labute approximate surface area is 169 Å². The van der Waals surface area contributed by atoms with E-state index in [0.29, 0.717) is 6.42 Å². The van der Waals surface area contributed by atoms with Gasteiger partial charge in [-0.15, -0.1) is 0 Å². The highest BCUT2D eigenvalue weighted by Crippen LogP contribution is 2.08. The molecule has 2 amide bonds. The fraction of sp³-hybridized carbons (Fsp3) is 0.682. The average molecular weight is 395 g/mol. The lowest BCUT2D eigenvalue weighted by Crippen LogP contribution is -2.38. The number of amides is 2. The summed E-state index contributed by atoms with van der Waals surface area (Å²) in [5.41, 5.74) is 0. The lowest BCUT2D eigenvalue weighted by Gasteiger charge is -2.05. The van der Waals surface area contributed by atoms with Gasteiger partial charge in [-0.3, -0.25) is 14.4 Å². The van der Waals surface area contributed by atoms with Gasteiger partial charge in [0.15, 0.2) is 0 Å². The Morgan fingerprint density at radius 3 is 1.93 bits per heavy atom. The van der Waals surface area contributed by atoms with Crippen LogP contribution in [0.25, 0.3) is 0 Å². The van der Waals surface area contributed by atoms with Crippen LogP contribution in [0.2, 0.25) is 0 Å². The van der Waals surface area contributed by atoms with Crippen LogP contribution in [0, 0.1) is 0 Å². The Morgan fingerprint density at radius 1 is 0.714 bits per heavy atom. The molecule has 6 nitrogen and oxygen atoms in total. The first-order chi connectivity index (χ1) is 13.6. The standard InChI is InChI=1S/C22H38N2O4/c1-2-3-4-5-6-7-8-9-10-11-12-13-14-15-16-17-20(25)23-18-21(26)24-19-22(27)28/h6-7,9-10H,2-5,8,11-19H2,1H3,(H,23,25)(H,24,26)(H,27,28)/b7-6+,10-9+. The Morgan fingerprint density at radius 2 is 1.29 bits per heavy atom. The van der Waals surface area contributed by atoms with Gasteiger partial charge in [0.1, 0.15) is 6.54 Å². The van der Waals surface area contributed by atoms with Crippen molar-refractivity contribution in [2.75, 3.05) is 13.1 Å². The topological polar surface area (TPSA) is 95.5 Å². The second-order valence-electron chi connectivity index (χ2n) is 6.93. The molecule has 0 unspecified atom stereocenters. The van der Waals surface area contributed by atoms with Gasteiger partial charge in [0.25, 0.3) is 0 Å². The number of allylic oxidation sites excluding steroid dienone is 4. The van der Waals surface area contributed by atoms with E-state index in [1.54, 1.807) is 0 Å². The van der Waals surface area contributed by atoms with Crippen molar-refractivity contribution >= 4 is 17.8 Å². The minimum absolute atomic E-state index is 0.170. The van der Waals surface area contributed by atoms with Crippen LogP contribution in [-0.4, -0.2) is 36.0 Å². The molecule has 28 heavy (non-hydrogen) atoms. The fourth-order valence-corrected chi connectivity index (χ4v) is 2.60. The average Bonchev–Trinajstić information content (AvgIpc) is 2.67. The number of carbonyl (C=O) groups is 3. The van der Waals surface area contributed by atoms with Crippen LogP contribution < -0.4 is 10.6 Å². The summed E-state index contributed by atoms with van der Waals surface area (Å²) in [7, 11) is 0. The van der Waals surface area contributed by atoms with Crippen molar-refractivity contribution in [1.29, 1.82) is 0 Å². The molecule has 0 spiro atoms. The minimum Gasteiger partial charge on any atom is -0.480 e. The van der Waals surface area contributed by atoms with Gasteiger partial charge in [-0.2, -0.15) is 0 Å². The normalized spacial score (nSPS) is 11.2. The summed E-state index contributed by atoms with van der Waals surface area (Å²) < 4.78 is 0. The summed E-state index contributed by atoms with van der Waals surface area (Å²) in [5.74, 6) is -1.77. The van der Waals surface area contributed by atoms with Crippen LogP contribution >= 0.6 is 0 Å². The molecule has 0 radical (unpaired) electrons. The van der Waals surface area contributed by atoms with E-state index in [9.17, 15) is 14.4 Å². The van der Waals surface area contributed by atoms with E-state index >= 15 is 0 Å². The van der Waals surface area contributed by atoms with E-state index in [1.807, 2.05) is 0 Å². The number of rotatable bonds is 18. The molecular formula is C22H38N2O4. The Kier molecular flexibility index (Phi) is 18.2. The van der Waals surface area contributed by atoms with Crippen molar-refractivity contribution in [3.8, 4) is 0 Å². The van der Waals surface area contributed by atoms with E-state index in [-0.39, 0.29) is 12.5 Å².